The smallest absolute Gasteiger partial charge is 0.287 e. The SMILES string of the molecule is CCCNC(=O)c1nc(C(=O)Nc2cc(C)on2)c2ccccn12. The van der Waals surface area contributed by atoms with Crippen LogP contribution >= 0.6 is 0 Å². The van der Waals surface area contributed by atoms with E-state index in [1.54, 1.807) is 41.8 Å². The van der Waals surface area contributed by atoms with Crippen LogP contribution in [0.4, 0.5) is 5.82 Å². The molecule has 0 radical (unpaired) electrons. The lowest BCUT2D eigenvalue weighted by molar-refractivity contribution is 0.0942. The van der Waals surface area contributed by atoms with Crippen LogP contribution in [-0.2, 0) is 0 Å². The first-order chi connectivity index (χ1) is 11.6. The number of hydrogen-bond acceptors (Lipinski definition) is 5. The Bertz CT molecular complexity index is 896. The molecule has 0 saturated heterocycles. The highest BCUT2D eigenvalue weighted by molar-refractivity contribution is 6.08. The Hall–Kier alpha value is -3.16. The Labute approximate surface area is 137 Å². The van der Waals surface area contributed by atoms with Gasteiger partial charge in [-0.25, -0.2) is 4.98 Å². The maximum absolute atomic E-state index is 12.5. The first-order valence-electron chi connectivity index (χ1n) is 7.60. The Balaban J connectivity index is 1.95. The molecule has 0 spiro atoms. The third-order valence-corrected chi connectivity index (χ3v) is 3.37. The van der Waals surface area contributed by atoms with Crippen molar-refractivity contribution in [2.45, 2.75) is 20.3 Å². The number of aromatic nitrogens is 3. The van der Waals surface area contributed by atoms with Gasteiger partial charge in [-0.2, -0.15) is 0 Å². The van der Waals surface area contributed by atoms with Crippen molar-refractivity contribution in [3.63, 3.8) is 0 Å². The van der Waals surface area contributed by atoms with Gasteiger partial charge in [0, 0.05) is 18.8 Å². The van der Waals surface area contributed by atoms with E-state index in [1.165, 1.54) is 0 Å². The van der Waals surface area contributed by atoms with Gasteiger partial charge in [0.25, 0.3) is 11.8 Å². The first-order valence-corrected chi connectivity index (χ1v) is 7.60. The second-order valence-electron chi connectivity index (χ2n) is 5.27. The highest BCUT2D eigenvalue weighted by atomic mass is 16.5. The van der Waals surface area contributed by atoms with Gasteiger partial charge < -0.3 is 15.2 Å². The number of carbonyl (C=O) groups excluding carboxylic acids is 2. The molecule has 0 atom stereocenters. The molecule has 0 bridgehead atoms. The molecule has 3 heterocycles. The summed E-state index contributed by atoms with van der Waals surface area (Å²) in [5.41, 5.74) is 0.690. The lowest BCUT2D eigenvalue weighted by Crippen LogP contribution is -2.26. The highest BCUT2D eigenvalue weighted by Gasteiger charge is 2.21. The maximum atomic E-state index is 12.5. The van der Waals surface area contributed by atoms with Gasteiger partial charge in [-0.15, -0.1) is 0 Å². The Morgan fingerprint density at radius 1 is 1.29 bits per heavy atom. The number of anilines is 1. The van der Waals surface area contributed by atoms with E-state index < -0.39 is 5.91 Å². The number of imidazole rings is 1. The molecular weight excluding hydrogens is 310 g/mol. The van der Waals surface area contributed by atoms with Crippen LogP contribution in [0, 0.1) is 6.92 Å². The summed E-state index contributed by atoms with van der Waals surface area (Å²) in [6.07, 6.45) is 2.51. The number of amides is 2. The molecular formula is C16H17N5O3. The van der Waals surface area contributed by atoms with Crippen molar-refractivity contribution in [2.24, 2.45) is 0 Å². The third-order valence-electron chi connectivity index (χ3n) is 3.37. The van der Waals surface area contributed by atoms with E-state index in [0.717, 1.165) is 6.42 Å². The fourth-order valence-corrected chi connectivity index (χ4v) is 2.28. The third kappa shape index (κ3) is 2.98. The molecule has 0 fully saturated rings. The molecule has 3 aromatic heterocycles. The van der Waals surface area contributed by atoms with Gasteiger partial charge in [0.15, 0.2) is 11.5 Å². The average molecular weight is 327 g/mol. The largest absolute Gasteiger partial charge is 0.360 e. The van der Waals surface area contributed by atoms with Crippen LogP contribution in [0.1, 0.15) is 40.2 Å². The van der Waals surface area contributed by atoms with Crippen LogP contribution in [0.15, 0.2) is 35.0 Å². The van der Waals surface area contributed by atoms with Crippen LogP contribution in [0.3, 0.4) is 0 Å². The van der Waals surface area contributed by atoms with Crippen molar-refractivity contribution in [3.8, 4) is 0 Å². The van der Waals surface area contributed by atoms with Crippen molar-refractivity contribution in [2.75, 3.05) is 11.9 Å². The predicted octanol–water partition coefficient (Wildman–Crippen LogP) is 2.02. The zero-order chi connectivity index (χ0) is 17.1. The molecule has 3 rings (SSSR count). The van der Waals surface area contributed by atoms with Gasteiger partial charge in [-0.1, -0.05) is 18.1 Å². The summed E-state index contributed by atoms with van der Waals surface area (Å²) >= 11 is 0. The van der Waals surface area contributed by atoms with Gasteiger partial charge in [0.1, 0.15) is 5.76 Å². The van der Waals surface area contributed by atoms with Crippen molar-refractivity contribution in [1.29, 1.82) is 0 Å². The van der Waals surface area contributed by atoms with Gasteiger partial charge >= 0.3 is 0 Å². The summed E-state index contributed by atoms with van der Waals surface area (Å²) in [7, 11) is 0. The molecule has 0 aromatic carbocycles. The zero-order valence-corrected chi connectivity index (χ0v) is 13.4. The molecule has 3 aromatic rings. The van der Waals surface area contributed by atoms with Gasteiger partial charge in [-0.3, -0.25) is 14.0 Å². The normalized spacial score (nSPS) is 10.8. The summed E-state index contributed by atoms with van der Waals surface area (Å²) in [5, 5.41) is 9.10. The van der Waals surface area contributed by atoms with Crippen LogP contribution in [0.25, 0.3) is 5.52 Å². The lowest BCUT2D eigenvalue weighted by atomic mass is 10.3. The van der Waals surface area contributed by atoms with Gasteiger partial charge in [0.2, 0.25) is 5.82 Å². The molecule has 2 N–H and O–H groups in total. The quantitative estimate of drug-likeness (QED) is 0.746. The average Bonchev–Trinajstić information content (AvgIpc) is 3.16. The van der Waals surface area contributed by atoms with E-state index in [0.29, 0.717) is 23.6 Å². The predicted molar refractivity (Wildman–Crippen MR) is 87.0 cm³/mol. The number of pyridine rings is 1. The fourth-order valence-electron chi connectivity index (χ4n) is 2.28. The summed E-state index contributed by atoms with van der Waals surface area (Å²) in [4.78, 5) is 29.0. The summed E-state index contributed by atoms with van der Waals surface area (Å²) in [6, 6.07) is 6.88. The summed E-state index contributed by atoms with van der Waals surface area (Å²) in [5.74, 6) is 0.266. The van der Waals surface area contributed by atoms with Crippen LogP contribution in [0.2, 0.25) is 0 Å². The minimum atomic E-state index is -0.457. The minimum Gasteiger partial charge on any atom is -0.360 e. The number of aryl methyl sites for hydroxylation is 1. The highest BCUT2D eigenvalue weighted by Crippen LogP contribution is 2.16. The standard InChI is InChI=1S/C16H17N5O3/c1-3-7-17-16(23)14-19-13(11-6-4-5-8-21(11)14)15(22)18-12-9-10(2)24-20-12/h4-6,8-9H,3,7H2,1-2H3,(H,17,23)(H,18,20,22). The molecule has 0 unspecified atom stereocenters. The zero-order valence-electron chi connectivity index (χ0n) is 13.4. The molecule has 0 saturated carbocycles. The van der Waals surface area contributed by atoms with Crippen molar-refractivity contribution in [1.82, 2.24) is 19.9 Å². The number of carbonyl (C=O) groups is 2. The lowest BCUT2D eigenvalue weighted by Gasteiger charge is -2.01. The summed E-state index contributed by atoms with van der Waals surface area (Å²) in [6.45, 7) is 4.23. The molecule has 2 amide bonds. The topological polar surface area (TPSA) is 102 Å². The van der Waals surface area contributed by atoms with Crippen molar-refractivity contribution < 1.29 is 14.1 Å². The number of hydrogen-bond donors (Lipinski definition) is 2. The van der Waals surface area contributed by atoms with Crippen molar-refractivity contribution >= 4 is 23.1 Å². The Kier molecular flexibility index (Phi) is 4.28. The summed E-state index contributed by atoms with van der Waals surface area (Å²) < 4.78 is 6.51. The van der Waals surface area contributed by atoms with Crippen LogP contribution in [-0.4, -0.2) is 32.9 Å². The number of rotatable bonds is 5. The molecule has 8 nitrogen and oxygen atoms in total. The molecule has 0 aliphatic carbocycles. The monoisotopic (exact) mass is 327 g/mol. The van der Waals surface area contributed by atoms with E-state index >= 15 is 0 Å². The van der Waals surface area contributed by atoms with Crippen LogP contribution < -0.4 is 10.6 Å². The minimum absolute atomic E-state index is 0.151. The number of nitrogens with one attached hydrogen (secondary N) is 2. The van der Waals surface area contributed by atoms with Gasteiger partial charge in [0.05, 0.1) is 5.52 Å². The molecule has 8 heteroatoms. The molecule has 0 aliphatic rings. The van der Waals surface area contributed by atoms with E-state index in [1.807, 2.05) is 6.92 Å². The molecule has 0 aliphatic heterocycles. The maximum Gasteiger partial charge on any atom is 0.287 e. The number of nitrogens with zero attached hydrogens (tertiary/aromatic N) is 3. The van der Waals surface area contributed by atoms with Crippen molar-refractivity contribution in [3.05, 3.63) is 47.7 Å². The fraction of sp³-hybridized carbons (Fsp3) is 0.250. The van der Waals surface area contributed by atoms with E-state index in [9.17, 15) is 9.59 Å². The Morgan fingerprint density at radius 2 is 2.12 bits per heavy atom. The van der Waals surface area contributed by atoms with Crippen LogP contribution in [0.5, 0.6) is 0 Å². The second-order valence-corrected chi connectivity index (χ2v) is 5.27. The molecule has 24 heavy (non-hydrogen) atoms. The van der Waals surface area contributed by atoms with Gasteiger partial charge in [-0.05, 0) is 25.5 Å². The van der Waals surface area contributed by atoms with E-state index in [2.05, 4.69) is 20.8 Å². The number of fused-ring (bicyclic) bond motifs is 1. The second kappa shape index (κ2) is 6.53. The molecule has 124 valence electrons. The van der Waals surface area contributed by atoms with E-state index in [4.69, 9.17) is 4.52 Å². The Morgan fingerprint density at radius 3 is 2.83 bits per heavy atom. The van der Waals surface area contributed by atoms with E-state index in [-0.39, 0.29) is 17.4 Å². The first kappa shape index (κ1) is 15.7.